The van der Waals surface area contributed by atoms with Crippen molar-refractivity contribution in [3.63, 3.8) is 0 Å². The van der Waals surface area contributed by atoms with Crippen LogP contribution in [-0.4, -0.2) is 44.3 Å². The van der Waals surface area contributed by atoms with Gasteiger partial charge in [-0.25, -0.2) is 9.97 Å². The number of rotatable bonds is 7. The molecule has 0 radical (unpaired) electrons. The molecule has 1 saturated heterocycles. The first-order valence-electron chi connectivity index (χ1n) is 11.4. The Morgan fingerprint density at radius 2 is 1.97 bits per heavy atom. The molecule has 3 aromatic rings. The second-order valence-corrected chi connectivity index (χ2v) is 9.87. The number of H-pyrrole nitrogens is 1. The van der Waals surface area contributed by atoms with Gasteiger partial charge >= 0.3 is 0 Å². The van der Waals surface area contributed by atoms with Gasteiger partial charge in [0.2, 0.25) is 11.8 Å². The number of hydrogen-bond donors (Lipinski definition) is 2. The van der Waals surface area contributed by atoms with Gasteiger partial charge in [-0.2, -0.15) is 0 Å². The second-order valence-electron chi connectivity index (χ2n) is 9.02. The summed E-state index contributed by atoms with van der Waals surface area (Å²) in [4.78, 5) is 41.2. The lowest BCUT2D eigenvalue weighted by Crippen LogP contribution is -2.48. The van der Waals surface area contributed by atoms with Crippen LogP contribution in [0, 0.1) is 19.8 Å². The second kappa shape index (κ2) is 9.87. The van der Waals surface area contributed by atoms with E-state index in [1.807, 2.05) is 45.3 Å². The third-order valence-electron chi connectivity index (χ3n) is 6.26. The molecule has 0 saturated carbocycles. The molecule has 174 valence electrons. The summed E-state index contributed by atoms with van der Waals surface area (Å²) in [6.45, 7) is 8.99. The van der Waals surface area contributed by atoms with Gasteiger partial charge in [0.05, 0.1) is 22.0 Å². The Kier molecular flexibility index (Phi) is 6.93. The molecule has 33 heavy (non-hydrogen) atoms. The minimum Gasteiger partial charge on any atom is -0.350 e. The lowest BCUT2D eigenvalue weighted by Gasteiger charge is -2.29. The Bertz CT molecular complexity index is 1120. The largest absolute Gasteiger partial charge is 0.350 e. The lowest BCUT2D eigenvalue weighted by molar-refractivity contribution is -0.140. The number of likely N-dealkylation sites (tertiary alicyclic amines) is 1. The van der Waals surface area contributed by atoms with E-state index in [0.29, 0.717) is 19.5 Å². The summed E-state index contributed by atoms with van der Waals surface area (Å²) in [6.07, 6.45) is 3.26. The normalized spacial score (nSPS) is 16.9. The predicted molar refractivity (Wildman–Crippen MR) is 130 cm³/mol. The van der Waals surface area contributed by atoms with Crippen molar-refractivity contribution in [2.24, 2.45) is 5.92 Å². The minimum absolute atomic E-state index is 0.00409. The van der Waals surface area contributed by atoms with Gasteiger partial charge in [0, 0.05) is 25.0 Å². The average Bonchev–Trinajstić information content (AvgIpc) is 3.53. The highest BCUT2D eigenvalue weighted by Gasteiger charge is 2.39. The van der Waals surface area contributed by atoms with E-state index < -0.39 is 6.04 Å². The maximum Gasteiger partial charge on any atom is 0.243 e. The van der Waals surface area contributed by atoms with E-state index in [4.69, 9.17) is 0 Å². The summed E-state index contributed by atoms with van der Waals surface area (Å²) in [5, 5.41) is 3.04. The van der Waals surface area contributed by atoms with Gasteiger partial charge < -0.3 is 15.2 Å². The predicted octanol–water partition coefficient (Wildman–Crippen LogP) is 4.20. The maximum atomic E-state index is 13.5. The molecule has 0 bridgehead atoms. The zero-order chi connectivity index (χ0) is 23.5. The summed E-state index contributed by atoms with van der Waals surface area (Å²) in [5.74, 6) is 0.461. The van der Waals surface area contributed by atoms with E-state index in [1.54, 1.807) is 22.4 Å². The molecule has 7 nitrogen and oxygen atoms in total. The molecule has 1 aliphatic rings. The van der Waals surface area contributed by atoms with Gasteiger partial charge in [0.15, 0.2) is 0 Å². The Labute approximate surface area is 198 Å². The van der Waals surface area contributed by atoms with Crippen LogP contribution in [0.4, 0.5) is 0 Å². The molecular formula is C25H31N5O2S. The quantitative estimate of drug-likeness (QED) is 0.547. The van der Waals surface area contributed by atoms with Crippen LogP contribution in [0.3, 0.4) is 0 Å². The standard InChI is InChI=1S/C25H31N5O2S/c1-15(2)22(20-13-26-17(4)29-20)25(32)30-11-5-6-21(30)24(31)27-12-18-7-9-19(10-8-18)23-16(3)28-14-33-23/h7-10,13-15,21-22H,5-6,11-12H2,1-4H3,(H,26,29)(H,27,31). The molecular weight excluding hydrogens is 434 g/mol. The summed E-state index contributed by atoms with van der Waals surface area (Å²) >= 11 is 1.63. The molecule has 2 unspecified atom stereocenters. The third kappa shape index (κ3) is 5.00. The maximum absolute atomic E-state index is 13.5. The number of aryl methyl sites for hydroxylation is 2. The number of nitrogens with one attached hydrogen (secondary N) is 2. The van der Waals surface area contributed by atoms with Crippen molar-refractivity contribution < 1.29 is 9.59 Å². The fourth-order valence-electron chi connectivity index (χ4n) is 4.52. The number of carbonyl (C=O) groups excluding carboxylic acids is 2. The van der Waals surface area contributed by atoms with Crippen molar-refractivity contribution in [3.8, 4) is 10.4 Å². The molecule has 1 fully saturated rings. The number of amides is 2. The van der Waals surface area contributed by atoms with E-state index in [-0.39, 0.29) is 23.7 Å². The number of carbonyl (C=O) groups is 2. The first-order chi connectivity index (χ1) is 15.8. The number of aromatic amines is 1. The Morgan fingerprint density at radius 1 is 1.21 bits per heavy atom. The topological polar surface area (TPSA) is 91.0 Å². The van der Waals surface area contributed by atoms with E-state index in [1.165, 1.54) is 0 Å². The fourth-order valence-corrected chi connectivity index (χ4v) is 5.33. The van der Waals surface area contributed by atoms with Gasteiger partial charge in [-0.05, 0) is 43.7 Å². The summed E-state index contributed by atoms with van der Waals surface area (Å²) in [5.41, 5.74) is 5.85. The number of hydrogen-bond acceptors (Lipinski definition) is 5. The molecule has 1 aliphatic heterocycles. The van der Waals surface area contributed by atoms with Crippen molar-refractivity contribution >= 4 is 23.2 Å². The van der Waals surface area contributed by atoms with Crippen molar-refractivity contribution in [2.45, 2.75) is 59.0 Å². The lowest BCUT2D eigenvalue weighted by atomic mass is 9.91. The molecule has 2 N–H and O–H groups in total. The van der Waals surface area contributed by atoms with Crippen LogP contribution in [0.1, 0.15) is 55.4 Å². The number of imidazole rings is 1. The molecule has 8 heteroatoms. The Balaban J connectivity index is 1.40. The molecule has 2 amide bonds. The van der Waals surface area contributed by atoms with Crippen LogP contribution in [0.15, 0.2) is 36.0 Å². The van der Waals surface area contributed by atoms with Crippen LogP contribution in [0.2, 0.25) is 0 Å². The van der Waals surface area contributed by atoms with Crippen molar-refractivity contribution in [2.75, 3.05) is 6.54 Å². The van der Waals surface area contributed by atoms with E-state index in [2.05, 4.69) is 32.4 Å². The minimum atomic E-state index is -0.429. The van der Waals surface area contributed by atoms with Gasteiger partial charge in [-0.3, -0.25) is 9.59 Å². The number of benzene rings is 1. The molecule has 3 heterocycles. The highest BCUT2D eigenvalue weighted by molar-refractivity contribution is 7.13. The van der Waals surface area contributed by atoms with Crippen LogP contribution < -0.4 is 5.32 Å². The molecule has 2 atom stereocenters. The van der Waals surface area contributed by atoms with Gasteiger partial charge in [0.25, 0.3) is 0 Å². The van der Waals surface area contributed by atoms with Crippen LogP contribution in [0.5, 0.6) is 0 Å². The van der Waals surface area contributed by atoms with Crippen LogP contribution in [-0.2, 0) is 16.1 Å². The summed E-state index contributed by atoms with van der Waals surface area (Å²) < 4.78 is 0. The van der Waals surface area contributed by atoms with Crippen molar-refractivity contribution in [1.29, 1.82) is 0 Å². The summed E-state index contributed by atoms with van der Waals surface area (Å²) in [6, 6.07) is 7.76. The van der Waals surface area contributed by atoms with Gasteiger partial charge in [0.1, 0.15) is 11.9 Å². The highest BCUT2D eigenvalue weighted by atomic mass is 32.1. The zero-order valence-corrected chi connectivity index (χ0v) is 20.4. The van der Waals surface area contributed by atoms with Crippen LogP contribution in [0.25, 0.3) is 10.4 Å². The van der Waals surface area contributed by atoms with Crippen LogP contribution >= 0.6 is 11.3 Å². The molecule has 0 aliphatic carbocycles. The molecule has 1 aromatic carbocycles. The first-order valence-corrected chi connectivity index (χ1v) is 12.3. The number of aromatic nitrogens is 3. The first kappa shape index (κ1) is 23.2. The monoisotopic (exact) mass is 465 g/mol. The smallest absolute Gasteiger partial charge is 0.243 e. The van der Waals surface area contributed by atoms with Gasteiger partial charge in [-0.1, -0.05) is 38.1 Å². The summed E-state index contributed by atoms with van der Waals surface area (Å²) in [7, 11) is 0. The Morgan fingerprint density at radius 3 is 2.58 bits per heavy atom. The highest BCUT2D eigenvalue weighted by Crippen LogP contribution is 2.30. The molecule has 0 spiro atoms. The molecule has 2 aromatic heterocycles. The van der Waals surface area contributed by atoms with E-state index in [0.717, 1.165) is 39.6 Å². The fraction of sp³-hybridized carbons (Fsp3) is 0.440. The number of thiazole rings is 1. The van der Waals surface area contributed by atoms with E-state index in [9.17, 15) is 9.59 Å². The van der Waals surface area contributed by atoms with Gasteiger partial charge in [-0.15, -0.1) is 11.3 Å². The molecule has 4 rings (SSSR count). The van der Waals surface area contributed by atoms with Crippen molar-refractivity contribution in [1.82, 2.24) is 25.2 Å². The number of nitrogens with zero attached hydrogens (tertiary/aromatic N) is 3. The SMILES string of the molecule is Cc1ncc(C(C(=O)N2CCCC2C(=O)NCc2ccc(-c3scnc3C)cc2)C(C)C)[nH]1. The average molecular weight is 466 g/mol. The van der Waals surface area contributed by atoms with E-state index >= 15 is 0 Å². The van der Waals surface area contributed by atoms with Crippen molar-refractivity contribution in [3.05, 3.63) is 58.7 Å². The Hall–Kier alpha value is -3.00. The zero-order valence-electron chi connectivity index (χ0n) is 19.6. The third-order valence-corrected chi connectivity index (χ3v) is 7.23.